The molecule has 0 bridgehead atoms. The second-order valence-electron chi connectivity index (χ2n) is 10.1. The molecule has 2 aromatic rings. The lowest BCUT2D eigenvalue weighted by Gasteiger charge is -2.49. The fraction of sp³-hybridized carbons (Fsp3) is 0.346. The highest BCUT2D eigenvalue weighted by Gasteiger charge is 2.56. The molecule has 2 fully saturated rings. The Bertz CT molecular complexity index is 1690. The third kappa shape index (κ3) is 6.53. The van der Waals surface area contributed by atoms with Gasteiger partial charge in [0.15, 0.2) is 22.3 Å². The predicted molar refractivity (Wildman–Crippen MR) is 168 cm³/mol. The van der Waals surface area contributed by atoms with E-state index in [0.29, 0.717) is 11.3 Å². The van der Waals surface area contributed by atoms with E-state index in [1.165, 1.54) is 35.0 Å². The van der Waals surface area contributed by atoms with Gasteiger partial charge in [-0.3, -0.25) is 19.3 Å². The predicted octanol–water partition coefficient (Wildman–Crippen LogP) is 1.03. The van der Waals surface area contributed by atoms with E-state index in [9.17, 15) is 44.4 Å². The number of oxime groups is 1. The average molecular weight is 713 g/mol. The molecule has 8 N–H and O–H groups in total. The molecule has 16 nitrogen and oxygen atoms in total. The molecule has 2 atom stereocenters. The summed E-state index contributed by atoms with van der Waals surface area (Å²) in [6.07, 6.45) is 0.405. The maximum absolute atomic E-state index is 13.2. The van der Waals surface area contributed by atoms with Crippen molar-refractivity contribution < 1.29 is 49.2 Å². The Morgan fingerprint density at radius 1 is 1.24 bits per heavy atom. The Morgan fingerprint density at radius 2 is 1.98 bits per heavy atom. The third-order valence-corrected chi connectivity index (χ3v) is 10.5. The summed E-state index contributed by atoms with van der Waals surface area (Å²) in [4.78, 5) is 72.8. The number of thioether (sulfide) groups is 2. The van der Waals surface area contributed by atoms with Crippen LogP contribution in [0.25, 0.3) is 0 Å². The number of benzene rings is 1. The fourth-order valence-corrected chi connectivity index (χ4v) is 7.60. The van der Waals surface area contributed by atoms with Crippen molar-refractivity contribution in [2.45, 2.75) is 29.9 Å². The smallest absolute Gasteiger partial charge is 0.352 e. The highest BCUT2D eigenvalue weighted by Crippen LogP contribution is 2.42. The molecule has 1 saturated heterocycles. The first-order chi connectivity index (χ1) is 21.8. The van der Waals surface area contributed by atoms with Gasteiger partial charge in [0.1, 0.15) is 22.8 Å². The zero-order valence-electron chi connectivity index (χ0n) is 23.4. The number of β-lactam (4-membered cyclic amide) rings is 1. The van der Waals surface area contributed by atoms with Crippen LogP contribution in [0, 0.1) is 0 Å². The standard InChI is InChI=1S/C26H25ClN6O10S3/c27-14-11(1-2-13(34)18(14)35)19(36)29-5-6-44-7-10-8-45-22-16(21(38)33(22)17(10)23(39)40)31-20(37)15(12-9-46-25(28)30-12)32-43-26(3-4-26)24(41)42/h1-2,9,16,22,34-35H,3-8H2,(H2,28,30)(H,29,36)(H,31,37)(H,39,40)(H,41,42)/b32-15-/t16-,22-/m1/s1. The molecule has 3 amide bonds. The Balaban J connectivity index is 1.19. The van der Waals surface area contributed by atoms with Crippen LogP contribution in [0.5, 0.6) is 11.5 Å². The quantitative estimate of drug-likeness (QED) is 0.0504. The number of carboxylic acids is 2. The van der Waals surface area contributed by atoms with Gasteiger partial charge in [-0.05, 0) is 17.7 Å². The number of phenols is 2. The molecular formula is C26H25ClN6O10S3. The van der Waals surface area contributed by atoms with Crippen molar-refractivity contribution in [2.75, 3.05) is 29.5 Å². The van der Waals surface area contributed by atoms with E-state index in [2.05, 4.69) is 20.8 Å². The Hall–Kier alpha value is -4.20. The highest BCUT2D eigenvalue weighted by molar-refractivity contribution is 8.01. The number of carbonyl (C=O) groups is 5. The van der Waals surface area contributed by atoms with Crippen LogP contribution in [-0.4, -0.2) is 107 Å². The number of fused-ring (bicyclic) bond motifs is 1. The van der Waals surface area contributed by atoms with Gasteiger partial charge in [-0.1, -0.05) is 16.8 Å². The number of nitrogens with one attached hydrogen (secondary N) is 2. The maximum Gasteiger partial charge on any atom is 0.352 e. The Morgan fingerprint density at radius 3 is 2.61 bits per heavy atom. The number of hydrogen-bond donors (Lipinski definition) is 7. The summed E-state index contributed by atoms with van der Waals surface area (Å²) >= 11 is 9.50. The SMILES string of the molecule is Nc1nc(/C(=N/OC2(C(=O)O)CC2)C(=O)N[C@@H]2C(=O)N3C(C(=O)O)=C(CSCCNC(=O)c4ccc(O)c(O)c4Cl)CS[C@H]23)cs1. The number of hydrogen-bond acceptors (Lipinski definition) is 14. The summed E-state index contributed by atoms with van der Waals surface area (Å²) in [5, 5.41) is 48.0. The zero-order chi connectivity index (χ0) is 33.3. The van der Waals surface area contributed by atoms with Crippen molar-refractivity contribution in [3.8, 4) is 11.5 Å². The summed E-state index contributed by atoms with van der Waals surface area (Å²) in [6.45, 7) is 0.176. The first-order valence-electron chi connectivity index (χ1n) is 13.3. The van der Waals surface area contributed by atoms with Gasteiger partial charge in [-0.25, -0.2) is 14.6 Å². The number of aromatic hydroxyl groups is 2. The molecule has 0 radical (unpaired) electrons. The van der Waals surface area contributed by atoms with Crippen molar-refractivity contribution in [3.05, 3.63) is 45.1 Å². The van der Waals surface area contributed by atoms with Crippen molar-refractivity contribution in [1.82, 2.24) is 20.5 Å². The van der Waals surface area contributed by atoms with E-state index in [0.717, 1.165) is 22.3 Å². The third-order valence-electron chi connectivity index (χ3n) is 7.07. The van der Waals surface area contributed by atoms with Crippen LogP contribution in [0.4, 0.5) is 5.13 Å². The summed E-state index contributed by atoms with van der Waals surface area (Å²) in [5.74, 6) is -4.87. The summed E-state index contributed by atoms with van der Waals surface area (Å²) in [7, 11) is 0. The number of amides is 3. The molecule has 244 valence electrons. The molecule has 1 aliphatic carbocycles. The second kappa shape index (κ2) is 13.3. The van der Waals surface area contributed by atoms with Gasteiger partial charge in [-0.2, -0.15) is 11.8 Å². The lowest BCUT2D eigenvalue weighted by molar-refractivity contribution is -0.153. The molecule has 46 heavy (non-hydrogen) atoms. The van der Waals surface area contributed by atoms with Crippen molar-refractivity contribution in [1.29, 1.82) is 0 Å². The zero-order valence-corrected chi connectivity index (χ0v) is 26.6. The molecule has 5 rings (SSSR count). The summed E-state index contributed by atoms with van der Waals surface area (Å²) < 4.78 is 0. The number of phenolic OH excluding ortho intramolecular Hbond substituents is 2. The van der Waals surface area contributed by atoms with E-state index < -0.39 is 58.2 Å². The minimum Gasteiger partial charge on any atom is -0.504 e. The van der Waals surface area contributed by atoms with Gasteiger partial charge in [0, 0.05) is 42.0 Å². The number of halogens is 1. The van der Waals surface area contributed by atoms with Crippen LogP contribution in [0.2, 0.25) is 5.02 Å². The number of nitrogens with zero attached hydrogens (tertiary/aromatic N) is 3. The molecule has 0 unspecified atom stereocenters. The van der Waals surface area contributed by atoms with Gasteiger partial charge >= 0.3 is 11.9 Å². The number of aromatic nitrogens is 1. The van der Waals surface area contributed by atoms with Crippen LogP contribution in [0.3, 0.4) is 0 Å². The normalized spacial score (nSPS) is 20.0. The monoisotopic (exact) mass is 712 g/mol. The number of nitrogens with two attached hydrogens (primary N) is 1. The lowest BCUT2D eigenvalue weighted by Crippen LogP contribution is -2.71. The number of nitrogen functional groups attached to an aromatic ring is 1. The van der Waals surface area contributed by atoms with Gasteiger partial charge < -0.3 is 41.6 Å². The van der Waals surface area contributed by atoms with Gasteiger partial charge in [0.25, 0.3) is 17.7 Å². The van der Waals surface area contributed by atoms with E-state index >= 15 is 0 Å². The van der Waals surface area contributed by atoms with Crippen LogP contribution >= 0.6 is 46.5 Å². The van der Waals surface area contributed by atoms with E-state index in [1.54, 1.807) is 0 Å². The minimum absolute atomic E-state index is 0.0204. The number of carboxylic acid groups (broad SMARTS) is 2. The Labute approximate surface area is 277 Å². The Kier molecular flexibility index (Phi) is 9.57. The van der Waals surface area contributed by atoms with Crippen LogP contribution in [0.1, 0.15) is 28.9 Å². The summed E-state index contributed by atoms with van der Waals surface area (Å²) in [5.41, 5.74) is 4.05. The van der Waals surface area contributed by atoms with E-state index in [-0.39, 0.29) is 63.7 Å². The first kappa shape index (κ1) is 33.2. The van der Waals surface area contributed by atoms with E-state index in [1.807, 2.05) is 0 Å². The number of thiazole rings is 1. The largest absolute Gasteiger partial charge is 0.504 e. The molecular weight excluding hydrogens is 688 g/mol. The minimum atomic E-state index is -1.54. The fourth-order valence-electron chi connectivity index (χ4n) is 4.45. The molecule has 1 aromatic heterocycles. The van der Waals surface area contributed by atoms with Gasteiger partial charge in [0.05, 0.1) is 10.6 Å². The van der Waals surface area contributed by atoms with Crippen LogP contribution in [0.15, 0.2) is 33.9 Å². The topological polar surface area (TPSA) is 254 Å². The number of carbonyl (C=O) groups excluding carboxylic acids is 3. The average Bonchev–Trinajstić information content (AvgIpc) is 3.70. The summed E-state index contributed by atoms with van der Waals surface area (Å²) in [6, 6.07) is 1.30. The highest BCUT2D eigenvalue weighted by atomic mass is 35.5. The molecule has 1 saturated carbocycles. The molecule has 3 heterocycles. The van der Waals surface area contributed by atoms with Crippen molar-refractivity contribution >= 4 is 87.0 Å². The molecule has 3 aliphatic rings. The maximum atomic E-state index is 13.2. The number of anilines is 1. The molecule has 1 aromatic carbocycles. The van der Waals surface area contributed by atoms with Crippen LogP contribution < -0.4 is 16.4 Å². The van der Waals surface area contributed by atoms with E-state index in [4.69, 9.17) is 22.2 Å². The number of aliphatic carboxylic acids is 2. The second-order valence-corrected chi connectivity index (χ2v) is 13.6. The first-order valence-corrected chi connectivity index (χ1v) is 16.8. The van der Waals surface area contributed by atoms with Crippen LogP contribution in [-0.2, 0) is 24.0 Å². The molecule has 20 heteroatoms. The molecule has 0 spiro atoms. The lowest BCUT2D eigenvalue weighted by atomic mass is 10.0. The van der Waals surface area contributed by atoms with Crippen molar-refractivity contribution in [3.63, 3.8) is 0 Å². The van der Waals surface area contributed by atoms with Crippen molar-refractivity contribution in [2.24, 2.45) is 5.16 Å². The van der Waals surface area contributed by atoms with Gasteiger partial charge in [0.2, 0.25) is 5.60 Å². The van der Waals surface area contributed by atoms with Gasteiger partial charge in [-0.15, -0.1) is 23.1 Å². The molecule has 2 aliphatic heterocycles. The number of rotatable bonds is 13.